The second-order valence-electron chi connectivity index (χ2n) is 4.59. The number of pyridine rings is 1. The third-order valence-corrected chi connectivity index (χ3v) is 3.23. The van der Waals surface area contributed by atoms with E-state index in [4.69, 9.17) is 5.84 Å². The highest BCUT2D eigenvalue weighted by Crippen LogP contribution is 2.14. The Morgan fingerprint density at radius 2 is 2.24 bits per heavy atom. The summed E-state index contributed by atoms with van der Waals surface area (Å²) in [6.07, 6.45) is 2.98. The fourth-order valence-corrected chi connectivity index (χ4v) is 2.20. The van der Waals surface area contributed by atoms with Gasteiger partial charge in [0.2, 0.25) is 0 Å². The van der Waals surface area contributed by atoms with Crippen LogP contribution in [0.2, 0.25) is 0 Å². The van der Waals surface area contributed by atoms with Crippen LogP contribution in [0.25, 0.3) is 0 Å². The monoisotopic (exact) mass is 235 g/mol. The number of nitrogen functional groups attached to an aromatic ring is 1. The number of hydrogen-bond acceptors (Lipinski definition) is 5. The van der Waals surface area contributed by atoms with Crippen LogP contribution in [0.3, 0.4) is 0 Å². The van der Waals surface area contributed by atoms with Crippen molar-refractivity contribution >= 4 is 5.82 Å². The van der Waals surface area contributed by atoms with Gasteiger partial charge in [-0.15, -0.1) is 0 Å². The zero-order valence-corrected chi connectivity index (χ0v) is 10.4. The van der Waals surface area contributed by atoms with Crippen molar-refractivity contribution in [1.29, 1.82) is 0 Å². The summed E-state index contributed by atoms with van der Waals surface area (Å²) < 4.78 is 0. The minimum atomic E-state index is 0.783. The van der Waals surface area contributed by atoms with E-state index in [1.807, 2.05) is 6.07 Å². The highest BCUT2D eigenvalue weighted by molar-refractivity contribution is 5.42. The van der Waals surface area contributed by atoms with E-state index in [1.165, 1.54) is 18.5 Å². The summed E-state index contributed by atoms with van der Waals surface area (Å²) in [6, 6.07) is 4.04. The van der Waals surface area contributed by atoms with Crippen molar-refractivity contribution in [2.75, 3.05) is 38.7 Å². The Labute approximate surface area is 103 Å². The van der Waals surface area contributed by atoms with Crippen LogP contribution in [0.4, 0.5) is 5.82 Å². The molecule has 0 spiro atoms. The van der Waals surface area contributed by atoms with E-state index in [-0.39, 0.29) is 0 Å². The van der Waals surface area contributed by atoms with Crippen LogP contribution in [0, 0.1) is 0 Å². The molecule has 94 valence electrons. The summed E-state index contributed by atoms with van der Waals surface area (Å²) in [5.74, 6) is 6.25. The van der Waals surface area contributed by atoms with E-state index in [0.29, 0.717) is 0 Å². The van der Waals surface area contributed by atoms with Crippen LogP contribution in [0.15, 0.2) is 18.3 Å². The maximum Gasteiger partial charge on any atom is 0.144 e. The molecule has 0 radical (unpaired) electrons. The zero-order valence-electron chi connectivity index (χ0n) is 10.4. The van der Waals surface area contributed by atoms with Crippen LogP contribution in [-0.4, -0.2) is 48.0 Å². The minimum Gasteiger partial charge on any atom is -0.308 e. The van der Waals surface area contributed by atoms with Crippen LogP contribution in [0.5, 0.6) is 0 Å². The molecule has 0 amide bonds. The predicted octanol–water partition coefficient (Wildman–Crippen LogP) is 0.505. The maximum atomic E-state index is 5.47. The molecule has 5 nitrogen and oxygen atoms in total. The average Bonchev–Trinajstić information content (AvgIpc) is 2.55. The first kappa shape index (κ1) is 12.3. The number of nitrogens with one attached hydrogen (secondary N) is 1. The number of nitrogens with two attached hydrogens (primary N) is 1. The molecule has 0 unspecified atom stereocenters. The molecule has 5 heteroatoms. The normalized spacial score (nSPS) is 18.9. The summed E-state index contributed by atoms with van der Waals surface area (Å²) >= 11 is 0. The molecule has 3 N–H and O–H groups in total. The van der Waals surface area contributed by atoms with Crippen LogP contribution < -0.4 is 11.3 Å². The van der Waals surface area contributed by atoms with Gasteiger partial charge in [0.15, 0.2) is 0 Å². The lowest BCUT2D eigenvalue weighted by Crippen LogP contribution is -2.29. The van der Waals surface area contributed by atoms with Crippen LogP contribution >= 0.6 is 0 Å². The van der Waals surface area contributed by atoms with Gasteiger partial charge in [-0.25, -0.2) is 10.8 Å². The van der Waals surface area contributed by atoms with E-state index in [2.05, 4.69) is 33.3 Å². The lowest BCUT2D eigenvalue weighted by Gasteiger charge is -2.21. The molecule has 0 aromatic carbocycles. The molecule has 1 aliphatic rings. The largest absolute Gasteiger partial charge is 0.308 e. The van der Waals surface area contributed by atoms with Crippen molar-refractivity contribution < 1.29 is 0 Å². The Morgan fingerprint density at radius 1 is 1.35 bits per heavy atom. The van der Waals surface area contributed by atoms with Gasteiger partial charge in [0.1, 0.15) is 5.82 Å². The molecule has 0 bridgehead atoms. The number of anilines is 1. The number of aromatic nitrogens is 1. The fraction of sp³-hybridized carbons (Fsp3) is 0.583. The van der Waals surface area contributed by atoms with Crippen molar-refractivity contribution in [1.82, 2.24) is 14.8 Å². The fourth-order valence-electron chi connectivity index (χ4n) is 2.20. The predicted molar refractivity (Wildman–Crippen MR) is 69.4 cm³/mol. The van der Waals surface area contributed by atoms with E-state index in [0.717, 1.165) is 32.0 Å². The molecule has 1 aromatic rings. The summed E-state index contributed by atoms with van der Waals surface area (Å²) in [5, 5.41) is 0. The first-order chi connectivity index (χ1) is 8.29. The van der Waals surface area contributed by atoms with E-state index >= 15 is 0 Å². The third-order valence-electron chi connectivity index (χ3n) is 3.23. The molecule has 2 heterocycles. The molecule has 1 saturated heterocycles. The maximum absolute atomic E-state index is 5.47. The molecule has 2 rings (SSSR count). The lowest BCUT2D eigenvalue weighted by atomic mass is 10.2. The molecule has 0 saturated carbocycles. The van der Waals surface area contributed by atoms with Gasteiger partial charge in [-0.3, -0.25) is 4.90 Å². The van der Waals surface area contributed by atoms with Crippen molar-refractivity contribution in [3.8, 4) is 0 Å². The van der Waals surface area contributed by atoms with Gasteiger partial charge in [-0.2, -0.15) is 0 Å². The van der Waals surface area contributed by atoms with E-state index in [9.17, 15) is 0 Å². The van der Waals surface area contributed by atoms with Gasteiger partial charge in [-0.1, -0.05) is 6.07 Å². The van der Waals surface area contributed by atoms with Crippen molar-refractivity contribution in [3.63, 3.8) is 0 Å². The molecule has 17 heavy (non-hydrogen) atoms. The number of hydrazine groups is 1. The lowest BCUT2D eigenvalue weighted by molar-refractivity contribution is 0.269. The molecule has 0 atom stereocenters. The summed E-state index contributed by atoms with van der Waals surface area (Å²) in [7, 11) is 2.18. The Hall–Kier alpha value is -1.17. The van der Waals surface area contributed by atoms with Gasteiger partial charge < -0.3 is 10.3 Å². The number of hydrogen-bond donors (Lipinski definition) is 2. The molecule has 1 aliphatic heterocycles. The zero-order chi connectivity index (χ0) is 12.1. The summed E-state index contributed by atoms with van der Waals surface area (Å²) in [4.78, 5) is 9.07. The summed E-state index contributed by atoms with van der Waals surface area (Å²) in [6.45, 7) is 5.48. The molecule has 1 aromatic heterocycles. The highest BCUT2D eigenvalue weighted by Gasteiger charge is 2.13. The van der Waals surface area contributed by atoms with E-state index < -0.39 is 0 Å². The number of nitrogens with zero attached hydrogens (tertiary/aromatic N) is 3. The van der Waals surface area contributed by atoms with Gasteiger partial charge >= 0.3 is 0 Å². The van der Waals surface area contributed by atoms with Gasteiger partial charge in [-0.05, 0) is 32.6 Å². The Kier molecular flexibility index (Phi) is 4.30. The highest BCUT2D eigenvalue weighted by atomic mass is 15.3. The van der Waals surface area contributed by atoms with Gasteiger partial charge in [0.05, 0.1) is 0 Å². The van der Waals surface area contributed by atoms with Gasteiger partial charge in [0.25, 0.3) is 0 Å². The topological polar surface area (TPSA) is 57.4 Å². The Bertz CT molecular complexity index is 355. The van der Waals surface area contributed by atoms with Crippen molar-refractivity contribution in [2.24, 2.45) is 5.84 Å². The van der Waals surface area contributed by atoms with Crippen LogP contribution in [-0.2, 0) is 6.54 Å². The van der Waals surface area contributed by atoms with Gasteiger partial charge in [0, 0.05) is 31.4 Å². The molecule has 1 fully saturated rings. The minimum absolute atomic E-state index is 0.783. The Balaban J connectivity index is 1.99. The standard InChI is InChI=1S/C12H21N5/c1-16-6-3-7-17(9-8-16)10-11-4-2-5-14-12(11)15-13/h2,4-5H,3,6-10,13H2,1H3,(H,14,15). The Morgan fingerprint density at radius 3 is 3.06 bits per heavy atom. The number of rotatable bonds is 3. The quantitative estimate of drug-likeness (QED) is 0.590. The van der Waals surface area contributed by atoms with Crippen molar-refractivity contribution in [2.45, 2.75) is 13.0 Å². The van der Waals surface area contributed by atoms with Crippen molar-refractivity contribution in [3.05, 3.63) is 23.9 Å². The first-order valence-corrected chi connectivity index (χ1v) is 6.11. The SMILES string of the molecule is CN1CCCN(Cc2cccnc2NN)CC1. The van der Waals surface area contributed by atoms with E-state index in [1.54, 1.807) is 6.20 Å². The third kappa shape index (κ3) is 3.39. The second kappa shape index (κ2) is 5.95. The molecular weight excluding hydrogens is 214 g/mol. The summed E-state index contributed by atoms with van der Waals surface area (Å²) in [5.41, 5.74) is 3.83. The second-order valence-corrected chi connectivity index (χ2v) is 4.59. The number of likely N-dealkylation sites (N-methyl/N-ethyl adjacent to an activating group) is 1. The first-order valence-electron chi connectivity index (χ1n) is 6.11. The molecule has 0 aliphatic carbocycles. The average molecular weight is 235 g/mol. The molecular formula is C12H21N5. The smallest absolute Gasteiger partial charge is 0.144 e. The van der Waals surface area contributed by atoms with Crippen LogP contribution in [0.1, 0.15) is 12.0 Å².